The number of benzene rings is 2. The Morgan fingerprint density at radius 3 is 1.72 bits per heavy atom. The molecule has 0 spiro atoms. The van der Waals surface area contributed by atoms with Crippen LogP contribution in [0.4, 0.5) is 0 Å². The fourth-order valence-corrected chi connectivity index (χ4v) is 5.26. The van der Waals surface area contributed by atoms with Gasteiger partial charge in [-0.05, 0) is 104 Å². The highest BCUT2D eigenvalue weighted by Crippen LogP contribution is 2.35. The summed E-state index contributed by atoms with van der Waals surface area (Å²) in [6.45, 7) is 4.71. The van der Waals surface area contributed by atoms with Gasteiger partial charge in [-0.3, -0.25) is 0 Å². The number of rotatable bonds is 6. The van der Waals surface area contributed by atoms with Gasteiger partial charge < -0.3 is 0 Å². The molecule has 0 nitrogen and oxygen atoms in total. The summed E-state index contributed by atoms with van der Waals surface area (Å²) in [6.07, 6.45) is 14.7. The molecule has 154 valence electrons. The van der Waals surface area contributed by atoms with E-state index in [2.05, 4.69) is 62.4 Å². The van der Waals surface area contributed by atoms with Crippen LogP contribution in [-0.2, 0) is 12.8 Å². The third kappa shape index (κ3) is 5.74. The quantitative estimate of drug-likeness (QED) is 0.467. The van der Waals surface area contributed by atoms with E-state index in [-0.39, 0.29) is 0 Å². The molecule has 0 heteroatoms. The molecule has 2 aliphatic rings. The molecule has 0 N–H and O–H groups in total. The van der Waals surface area contributed by atoms with E-state index in [4.69, 9.17) is 0 Å². The van der Waals surface area contributed by atoms with Crippen molar-refractivity contribution < 1.29 is 0 Å². The zero-order valence-corrected chi connectivity index (χ0v) is 18.6. The first-order chi connectivity index (χ1) is 14.2. The van der Waals surface area contributed by atoms with Crippen LogP contribution in [0.15, 0.2) is 48.5 Å². The Hall–Kier alpha value is -1.56. The van der Waals surface area contributed by atoms with Gasteiger partial charge in [0.25, 0.3) is 0 Å². The van der Waals surface area contributed by atoms with Gasteiger partial charge in [0.15, 0.2) is 0 Å². The van der Waals surface area contributed by atoms with Crippen molar-refractivity contribution >= 4 is 0 Å². The van der Waals surface area contributed by atoms with E-state index in [1.54, 1.807) is 11.8 Å². The fourth-order valence-electron chi connectivity index (χ4n) is 5.26. The van der Waals surface area contributed by atoms with Crippen molar-refractivity contribution in [2.75, 3.05) is 0 Å². The molecule has 2 aliphatic carbocycles. The van der Waals surface area contributed by atoms with Crippen molar-refractivity contribution in [3.05, 3.63) is 71.5 Å². The predicted molar refractivity (Wildman–Crippen MR) is 126 cm³/mol. The summed E-state index contributed by atoms with van der Waals surface area (Å²) >= 11 is 0. The van der Waals surface area contributed by atoms with Crippen LogP contribution in [0, 0.1) is 23.7 Å². The van der Waals surface area contributed by atoms with Gasteiger partial charge in [0.1, 0.15) is 0 Å². The molecular weight excluding hydrogens is 348 g/mol. The van der Waals surface area contributed by atoms with Crippen LogP contribution >= 0.6 is 0 Å². The molecule has 0 unspecified atom stereocenters. The van der Waals surface area contributed by atoms with Crippen LogP contribution in [0.25, 0.3) is 11.1 Å². The van der Waals surface area contributed by atoms with Gasteiger partial charge in [0.05, 0.1) is 0 Å². The molecule has 0 bridgehead atoms. The molecule has 2 saturated carbocycles. The first kappa shape index (κ1) is 20.7. The van der Waals surface area contributed by atoms with E-state index in [0.29, 0.717) is 0 Å². The predicted octanol–water partition coefficient (Wildman–Crippen LogP) is 8.40. The van der Waals surface area contributed by atoms with E-state index in [9.17, 15) is 0 Å². The van der Waals surface area contributed by atoms with E-state index >= 15 is 0 Å². The van der Waals surface area contributed by atoms with Crippen LogP contribution in [0.2, 0.25) is 0 Å². The molecular formula is C29H38. The standard InChI is InChI=1S/C29H38/c1-3-23-8-10-25(11-9-23)21-27-14-18-29(19-15-27)28-16-12-26(13-17-28)20-24-6-4-22(2)5-7-24/h12-19,22,25H,3-11,20-21H2,1-2H3. The van der Waals surface area contributed by atoms with Gasteiger partial charge in [-0.25, -0.2) is 0 Å². The maximum Gasteiger partial charge on any atom is -0.0184 e. The van der Waals surface area contributed by atoms with Crippen molar-refractivity contribution in [2.45, 2.75) is 84.5 Å². The van der Waals surface area contributed by atoms with E-state index in [1.807, 2.05) is 0 Å². The molecule has 0 heterocycles. The maximum atomic E-state index is 2.40. The normalized spacial score (nSPS) is 20.2. The average molecular weight is 387 g/mol. The molecule has 0 aliphatic heterocycles. The van der Waals surface area contributed by atoms with Gasteiger partial charge in [-0.2, -0.15) is 0 Å². The molecule has 0 aromatic heterocycles. The summed E-state index contributed by atoms with van der Waals surface area (Å²) in [4.78, 5) is 0. The smallest absolute Gasteiger partial charge is 0.0184 e. The van der Waals surface area contributed by atoms with Crippen molar-refractivity contribution in [3.8, 4) is 11.1 Å². The van der Waals surface area contributed by atoms with Crippen molar-refractivity contribution in [3.63, 3.8) is 0 Å². The molecule has 2 aromatic rings. The van der Waals surface area contributed by atoms with Gasteiger partial charge in [0.2, 0.25) is 0 Å². The van der Waals surface area contributed by atoms with E-state index in [0.717, 1.165) is 11.8 Å². The third-order valence-corrected chi connectivity index (χ3v) is 7.51. The minimum atomic E-state index is 0.885. The average Bonchev–Trinajstić information content (AvgIpc) is 2.77. The first-order valence-electron chi connectivity index (χ1n) is 12.0. The summed E-state index contributed by atoms with van der Waals surface area (Å²) in [6, 6.07) is 18.7. The Balaban J connectivity index is 1.30. The fraction of sp³-hybridized carbons (Fsp3) is 0.517. The number of hydrogen-bond donors (Lipinski definition) is 0. The molecule has 2 radical (unpaired) electrons. The topological polar surface area (TPSA) is 0 Å². The highest BCUT2D eigenvalue weighted by molar-refractivity contribution is 5.64. The Morgan fingerprint density at radius 1 is 0.655 bits per heavy atom. The van der Waals surface area contributed by atoms with Crippen molar-refractivity contribution in [1.82, 2.24) is 0 Å². The van der Waals surface area contributed by atoms with Crippen LogP contribution in [0.1, 0.15) is 82.8 Å². The Bertz CT molecular complexity index is 723. The second-order valence-corrected chi connectivity index (χ2v) is 9.75. The van der Waals surface area contributed by atoms with Crippen molar-refractivity contribution in [2.24, 2.45) is 11.8 Å². The lowest BCUT2D eigenvalue weighted by Gasteiger charge is -2.27. The highest BCUT2D eigenvalue weighted by Gasteiger charge is 2.21. The van der Waals surface area contributed by atoms with E-state index < -0.39 is 0 Å². The molecule has 2 fully saturated rings. The molecule has 29 heavy (non-hydrogen) atoms. The summed E-state index contributed by atoms with van der Waals surface area (Å²) in [5, 5.41) is 0. The second-order valence-electron chi connectivity index (χ2n) is 9.75. The summed E-state index contributed by atoms with van der Waals surface area (Å²) in [5.74, 6) is 5.35. The molecule has 2 aromatic carbocycles. The summed E-state index contributed by atoms with van der Waals surface area (Å²) < 4.78 is 0. The largest absolute Gasteiger partial charge is 0.0648 e. The Morgan fingerprint density at radius 2 is 1.17 bits per heavy atom. The van der Waals surface area contributed by atoms with Gasteiger partial charge in [-0.1, -0.05) is 75.2 Å². The lowest BCUT2D eigenvalue weighted by molar-refractivity contribution is 0.368. The van der Waals surface area contributed by atoms with Crippen LogP contribution < -0.4 is 0 Å². The van der Waals surface area contributed by atoms with Crippen LogP contribution in [0.5, 0.6) is 0 Å². The molecule has 4 rings (SSSR count). The lowest BCUT2D eigenvalue weighted by atomic mass is 9.78. The number of hydrogen-bond acceptors (Lipinski definition) is 0. The summed E-state index contributed by atoms with van der Waals surface area (Å²) in [5.41, 5.74) is 5.70. The van der Waals surface area contributed by atoms with Gasteiger partial charge in [0, 0.05) is 0 Å². The van der Waals surface area contributed by atoms with Crippen LogP contribution in [-0.4, -0.2) is 0 Å². The zero-order chi connectivity index (χ0) is 20.1. The maximum absolute atomic E-state index is 2.40. The van der Waals surface area contributed by atoms with Crippen molar-refractivity contribution in [1.29, 1.82) is 0 Å². The molecule has 0 atom stereocenters. The van der Waals surface area contributed by atoms with E-state index in [1.165, 1.54) is 92.9 Å². The third-order valence-electron chi connectivity index (χ3n) is 7.51. The van der Waals surface area contributed by atoms with Gasteiger partial charge in [-0.15, -0.1) is 0 Å². The monoisotopic (exact) mass is 386 g/mol. The first-order valence-corrected chi connectivity index (χ1v) is 12.0. The summed E-state index contributed by atoms with van der Waals surface area (Å²) in [7, 11) is 0. The molecule has 0 amide bonds. The molecule has 0 saturated heterocycles. The Labute approximate surface area is 179 Å². The zero-order valence-electron chi connectivity index (χ0n) is 18.6. The SMILES string of the molecule is CC[C]1CCC(Cc2ccc(-c3ccc(C[C]4CCC(C)CC4)cc3)cc2)CC1. The Kier molecular flexibility index (Phi) is 7.11. The second kappa shape index (κ2) is 9.96. The minimum Gasteiger partial charge on any atom is -0.0648 e. The highest BCUT2D eigenvalue weighted by atomic mass is 14.3. The minimum absolute atomic E-state index is 0.885. The lowest BCUT2D eigenvalue weighted by Crippen LogP contribution is -2.14. The van der Waals surface area contributed by atoms with Crippen LogP contribution in [0.3, 0.4) is 0 Å². The van der Waals surface area contributed by atoms with Gasteiger partial charge >= 0.3 is 0 Å².